The second kappa shape index (κ2) is 6.72. The van der Waals surface area contributed by atoms with Gasteiger partial charge in [0.05, 0.1) is 0 Å². The fraction of sp³-hybridized carbons (Fsp3) is 1.00. The fourth-order valence-electron chi connectivity index (χ4n) is 2.36. The summed E-state index contributed by atoms with van der Waals surface area (Å²) >= 11 is 0. The van der Waals surface area contributed by atoms with Crippen molar-refractivity contribution in [3.05, 3.63) is 0 Å². The lowest BCUT2D eigenvalue weighted by Crippen LogP contribution is -2.35. The van der Waals surface area contributed by atoms with Crippen molar-refractivity contribution in [2.24, 2.45) is 5.92 Å². The zero-order chi connectivity index (χ0) is 12.1. The summed E-state index contributed by atoms with van der Waals surface area (Å²) in [6.45, 7) is 6.19. The van der Waals surface area contributed by atoms with Crippen LogP contribution in [0.2, 0.25) is 0 Å². The normalized spacial score (nSPS) is 20.5. The van der Waals surface area contributed by atoms with E-state index in [2.05, 4.69) is 29.2 Å². The molecule has 2 fully saturated rings. The lowest BCUT2D eigenvalue weighted by Gasteiger charge is -2.22. The van der Waals surface area contributed by atoms with Crippen LogP contribution in [-0.4, -0.2) is 62.7 Å². The van der Waals surface area contributed by atoms with Crippen LogP contribution in [-0.2, 0) is 0 Å². The van der Waals surface area contributed by atoms with Crippen LogP contribution < -0.4 is 5.32 Å². The first kappa shape index (κ1) is 13.3. The summed E-state index contributed by atoms with van der Waals surface area (Å²) in [4.78, 5) is 4.99. The van der Waals surface area contributed by atoms with Gasteiger partial charge in [0.2, 0.25) is 0 Å². The molecule has 0 spiro atoms. The average molecular weight is 239 g/mol. The van der Waals surface area contributed by atoms with E-state index in [1.807, 2.05) is 0 Å². The summed E-state index contributed by atoms with van der Waals surface area (Å²) in [7, 11) is 4.29. The largest absolute Gasteiger partial charge is 0.315 e. The molecule has 2 rings (SSSR count). The number of nitrogens with one attached hydrogen (secondary N) is 1. The minimum atomic E-state index is 0.944. The topological polar surface area (TPSA) is 18.5 Å². The Labute approximate surface area is 107 Å². The minimum absolute atomic E-state index is 0.944. The van der Waals surface area contributed by atoms with E-state index >= 15 is 0 Å². The van der Waals surface area contributed by atoms with Crippen LogP contribution in [0.5, 0.6) is 0 Å². The predicted octanol–water partition coefficient (Wildman–Crippen LogP) is 1.40. The highest BCUT2D eigenvalue weighted by molar-refractivity contribution is 4.88. The molecule has 0 aromatic carbocycles. The van der Waals surface area contributed by atoms with Crippen molar-refractivity contribution < 1.29 is 0 Å². The van der Waals surface area contributed by atoms with E-state index in [-0.39, 0.29) is 0 Å². The highest BCUT2D eigenvalue weighted by atomic mass is 15.2. The molecule has 2 saturated carbocycles. The summed E-state index contributed by atoms with van der Waals surface area (Å²) in [6, 6.07) is 0.944. The second-order valence-corrected chi connectivity index (χ2v) is 6.08. The van der Waals surface area contributed by atoms with Gasteiger partial charge in [-0.2, -0.15) is 0 Å². The number of nitrogens with zero attached hydrogens (tertiary/aromatic N) is 2. The van der Waals surface area contributed by atoms with E-state index in [1.54, 1.807) is 0 Å². The maximum absolute atomic E-state index is 3.58. The van der Waals surface area contributed by atoms with Crippen molar-refractivity contribution in [3.8, 4) is 0 Å². The van der Waals surface area contributed by atoms with Gasteiger partial charge in [0.25, 0.3) is 0 Å². The van der Waals surface area contributed by atoms with Crippen LogP contribution in [0.1, 0.15) is 32.1 Å². The third-order valence-corrected chi connectivity index (χ3v) is 3.79. The molecular weight excluding hydrogens is 210 g/mol. The van der Waals surface area contributed by atoms with Crippen molar-refractivity contribution in [1.82, 2.24) is 15.1 Å². The monoisotopic (exact) mass is 239 g/mol. The lowest BCUT2D eigenvalue weighted by molar-refractivity contribution is 0.252. The first-order valence-corrected chi connectivity index (χ1v) is 7.35. The van der Waals surface area contributed by atoms with Crippen LogP contribution in [0, 0.1) is 5.92 Å². The van der Waals surface area contributed by atoms with E-state index in [0.717, 1.165) is 12.0 Å². The smallest absolute Gasteiger partial charge is 0.0110 e. The molecule has 0 saturated heterocycles. The molecule has 2 aliphatic rings. The molecular formula is C14H29N3. The standard InChI is InChI=1S/C14H29N3/c1-16(2)10-3-8-15-9-11-17(14-6-7-14)12-13-4-5-13/h13-15H,3-12H2,1-2H3. The van der Waals surface area contributed by atoms with Gasteiger partial charge in [0, 0.05) is 25.7 Å². The molecule has 0 heterocycles. The Balaban J connectivity index is 1.47. The molecule has 0 aliphatic heterocycles. The molecule has 0 aromatic rings. The molecule has 2 aliphatic carbocycles. The molecule has 3 nitrogen and oxygen atoms in total. The molecule has 3 heteroatoms. The van der Waals surface area contributed by atoms with Gasteiger partial charge in [-0.05, 0) is 65.2 Å². The van der Waals surface area contributed by atoms with Crippen molar-refractivity contribution in [3.63, 3.8) is 0 Å². The maximum Gasteiger partial charge on any atom is 0.0110 e. The number of hydrogen-bond donors (Lipinski definition) is 1. The number of hydrogen-bond acceptors (Lipinski definition) is 3. The van der Waals surface area contributed by atoms with Crippen LogP contribution in [0.4, 0.5) is 0 Å². The summed E-state index contributed by atoms with van der Waals surface area (Å²) < 4.78 is 0. The first-order valence-electron chi connectivity index (χ1n) is 7.35. The van der Waals surface area contributed by atoms with Gasteiger partial charge >= 0.3 is 0 Å². The summed E-state index contributed by atoms with van der Waals surface area (Å²) in [6.07, 6.45) is 7.14. The van der Waals surface area contributed by atoms with E-state index in [4.69, 9.17) is 0 Å². The van der Waals surface area contributed by atoms with Crippen LogP contribution >= 0.6 is 0 Å². The quantitative estimate of drug-likeness (QED) is 0.581. The Morgan fingerprint density at radius 3 is 2.35 bits per heavy atom. The molecule has 17 heavy (non-hydrogen) atoms. The summed E-state index contributed by atoms with van der Waals surface area (Å²) in [5.74, 6) is 1.05. The Morgan fingerprint density at radius 2 is 1.76 bits per heavy atom. The van der Waals surface area contributed by atoms with E-state index in [0.29, 0.717) is 0 Å². The molecule has 0 aromatic heterocycles. The van der Waals surface area contributed by atoms with Gasteiger partial charge in [-0.3, -0.25) is 4.90 Å². The Morgan fingerprint density at radius 1 is 1.00 bits per heavy atom. The average Bonchev–Trinajstić information content (AvgIpc) is 3.14. The highest BCUT2D eigenvalue weighted by Crippen LogP contribution is 2.34. The third kappa shape index (κ3) is 5.84. The molecule has 100 valence electrons. The summed E-state index contributed by atoms with van der Waals surface area (Å²) in [5, 5.41) is 3.58. The lowest BCUT2D eigenvalue weighted by atomic mass is 10.3. The van der Waals surface area contributed by atoms with Crippen molar-refractivity contribution >= 4 is 0 Å². The number of rotatable bonds is 10. The molecule has 0 unspecified atom stereocenters. The highest BCUT2D eigenvalue weighted by Gasteiger charge is 2.32. The van der Waals surface area contributed by atoms with Crippen LogP contribution in [0.15, 0.2) is 0 Å². The van der Waals surface area contributed by atoms with Crippen molar-refractivity contribution in [2.45, 2.75) is 38.1 Å². The van der Waals surface area contributed by atoms with Gasteiger partial charge in [0.15, 0.2) is 0 Å². The van der Waals surface area contributed by atoms with Crippen molar-refractivity contribution in [1.29, 1.82) is 0 Å². The van der Waals surface area contributed by atoms with Crippen molar-refractivity contribution in [2.75, 3.05) is 46.8 Å². The maximum atomic E-state index is 3.58. The van der Waals surface area contributed by atoms with Gasteiger partial charge < -0.3 is 10.2 Å². The molecule has 0 radical (unpaired) electrons. The predicted molar refractivity (Wildman–Crippen MR) is 73.4 cm³/mol. The van der Waals surface area contributed by atoms with Crippen LogP contribution in [0.3, 0.4) is 0 Å². The van der Waals surface area contributed by atoms with Gasteiger partial charge in [-0.25, -0.2) is 0 Å². The van der Waals surface area contributed by atoms with E-state index in [9.17, 15) is 0 Å². The molecule has 0 amide bonds. The van der Waals surface area contributed by atoms with Crippen LogP contribution in [0.25, 0.3) is 0 Å². The first-order chi connectivity index (χ1) is 8.25. The fourth-order valence-corrected chi connectivity index (χ4v) is 2.36. The molecule has 0 atom stereocenters. The zero-order valence-corrected chi connectivity index (χ0v) is 11.6. The van der Waals surface area contributed by atoms with Gasteiger partial charge in [0.1, 0.15) is 0 Å². The zero-order valence-electron chi connectivity index (χ0n) is 11.6. The Bertz CT molecular complexity index is 210. The minimum Gasteiger partial charge on any atom is -0.315 e. The second-order valence-electron chi connectivity index (χ2n) is 6.08. The van der Waals surface area contributed by atoms with E-state index < -0.39 is 0 Å². The summed E-state index contributed by atoms with van der Waals surface area (Å²) in [5.41, 5.74) is 0. The third-order valence-electron chi connectivity index (χ3n) is 3.79. The SMILES string of the molecule is CN(C)CCCNCCN(CC1CC1)C1CC1. The van der Waals surface area contributed by atoms with Gasteiger partial charge in [-0.1, -0.05) is 0 Å². The molecule has 1 N–H and O–H groups in total. The van der Waals surface area contributed by atoms with E-state index in [1.165, 1.54) is 64.8 Å². The Hall–Kier alpha value is -0.120. The molecule has 0 bridgehead atoms. The Kier molecular flexibility index (Phi) is 5.26. The van der Waals surface area contributed by atoms with Gasteiger partial charge in [-0.15, -0.1) is 0 Å².